The number of hydrogen-bond donors (Lipinski definition) is 0. The molecule has 0 bridgehead atoms. The van der Waals surface area contributed by atoms with E-state index in [1.54, 1.807) is 37.3 Å². The van der Waals surface area contributed by atoms with Crippen LogP contribution in [0, 0.1) is 0 Å². The molecule has 0 aliphatic heterocycles. The van der Waals surface area contributed by atoms with Crippen molar-refractivity contribution in [2.75, 3.05) is 14.2 Å². The first-order valence-corrected chi connectivity index (χ1v) is 6.79. The zero-order chi connectivity index (χ0) is 13.4. The van der Waals surface area contributed by atoms with Gasteiger partial charge in [-0.1, -0.05) is 18.7 Å². The Hall–Kier alpha value is -1.14. The minimum Gasteiger partial charge on any atom is -0.275 e. The highest BCUT2D eigenvalue weighted by molar-refractivity contribution is 7.99. The van der Waals surface area contributed by atoms with Crippen molar-refractivity contribution >= 4 is 17.7 Å². The topological polar surface area (TPSA) is 55.3 Å². The summed E-state index contributed by atoms with van der Waals surface area (Å²) in [6.07, 6.45) is 5.71. The molecular formula is C12H19N3O2S. The summed E-state index contributed by atoms with van der Waals surface area (Å²) in [7, 11) is 3.11. The summed E-state index contributed by atoms with van der Waals surface area (Å²) in [6, 6.07) is 1.79. The van der Waals surface area contributed by atoms with Crippen LogP contribution in [0.15, 0.2) is 23.6 Å². The Kier molecular flexibility index (Phi) is 6.67. The van der Waals surface area contributed by atoms with Crippen LogP contribution < -0.4 is 0 Å². The molecule has 1 rings (SSSR count). The molecule has 0 unspecified atom stereocenters. The van der Waals surface area contributed by atoms with Gasteiger partial charge in [-0.3, -0.25) is 9.63 Å². The van der Waals surface area contributed by atoms with Crippen LogP contribution in [-0.4, -0.2) is 40.3 Å². The van der Waals surface area contributed by atoms with Crippen LogP contribution in [0.2, 0.25) is 0 Å². The number of aromatic nitrogens is 2. The van der Waals surface area contributed by atoms with Crippen molar-refractivity contribution in [3.8, 4) is 0 Å². The molecule has 0 aliphatic carbocycles. The van der Waals surface area contributed by atoms with Crippen LogP contribution in [0.3, 0.4) is 0 Å². The molecule has 0 radical (unpaired) electrons. The van der Waals surface area contributed by atoms with E-state index in [2.05, 4.69) is 16.9 Å². The van der Waals surface area contributed by atoms with Crippen LogP contribution in [0.4, 0.5) is 0 Å². The van der Waals surface area contributed by atoms with Crippen molar-refractivity contribution < 1.29 is 9.63 Å². The molecule has 1 aromatic rings. The molecule has 0 fully saturated rings. The first-order valence-electron chi connectivity index (χ1n) is 5.91. The predicted octanol–water partition coefficient (Wildman–Crippen LogP) is 2.15. The highest BCUT2D eigenvalue weighted by atomic mass is 32.2. The maximum atomic E-state index is 11.6. The van der Waals surface area contributed by atoms with Crippen molar-refractivity contribution in [2.24, 2.45) is 0 Å². The Labute approximate surface area is 112 Å². The molecule has 0 aromatic carbocycles. The lowest BCUT2D eigenvalue weighted by Crippen LogP contribution is -2.25. The minimum atomic E-state index is -0.00877. The minimum absolute atomic E-state index is 0.00877. The van der Waals surface area contributed by atoms with Gasteiger partial charge in [0.2, 0.25) is 5.91 Å². The van der Waals surface area contributed by atoms with E-state index in [0.29, 0.717) is 11.7 Å². The van der Waals surface area contributed by atoms with E-state index in [4.69, 9.17) is 4.84 Å². The second-order valence-electron chi connectivity index (χ2n) is 3.79. The van der Waals surface area contributed by atoms with E-state index < -0.39 is 0 Å². The molecule has 0 spiro atoms. The first kappa shape index (κ1) is 14.9. The van der Waals surface area contributed by atoms with Gasteiger partial charge in [0.1, 0.15) is 0 Å². The van der Waals surface area contributed by atoms with Gasteiger partial charge in [0.15, 0.2) is 5.16 Å². The Morgan fingerprint density at radius 2 is 2.17 bits per heavy atom. The molecule has 0 aliphatic rings. The molecule has 18 heavy (non-hydrogen) atoms. The molecular weight excluding hydrogens is 250 g/mol. The monoisotopic (exact) mass is 269 g/mol. The number of hydrogen-bond acceptors (Lipinski definition) is 5. The molecule has 0 saturated heterocycles. The largest absolute Gasteiger partial charge is 0.275 e. The second kappa shape index (κ2) is 8.05. The van der Waals surface area contributed by atoms with Crippen molar-refractivity contribution in [2.45, 2.75) is 36.6 Å². The number of carbonyl (C=O) groups excluding carboxylic acids is 1. The third-order valence-corrected chi connectivity index (χ3v) is 3.90. The molecule has 100 valence electrons. The SMILES string of the molecule is CC[C@H](CCC(=O)N(C)OC)Sc1ncccn1. The fourth-order valence-electron chi connectivity index (χ4n) is 1.39. The summed E-state index contributed by atoms with van der Waals surface area (Å²) in [5.41, 5.74) is 0. The molecule has 1 atom stereocenters. The number of carbonyl (C=O) groups is 1. The van der Waals surface area contributed by atoms with Gasteiger partial charge in [0, 0.05) is 31.1 Å². The number of amides is 1. The van der Waals surface area contributed by atoms with Crippen LogP contribution >= 0.6 is 11.8 Å². The van der Waals surface area contributed by atoms with E-state index in [1.807, 2.05) is 0 Å². The predicted molar refractivity (Wildman–Crippen MR) is 71.0 cm³/mol. The average Bonchev–Trinajstić information content (AvgIpc) is 2.43. The number of hydroxylamine groups is 2. The lowest BCUT2D eigenvalue weighted by atomic mass is 10.2. The van der Waals surface area contributed by atoms with E-state index in [9.17, 15) is 4.79 Å². The molecule has 6 heteroatoms. The number of rotatable bonds is 7. The van der Waals surface area contributed by atoms with Crippen molar-refractivity contribution in [3.63, 3.8) is 0 Å². The maximum Gasteiger partial charge on any atom is 0.245 e. The standard InChI is InChI=1S/C12H19N3O2S/c1-4-10(6-7-11(16)15(2)17-3)18-12-13-8-5-9-14-12/h5,8-10H,4,6-7H2,1-3H3/t10-/m1/s1. The molecule has 0 N–H and O–H groups in total. The van der Waals surface area contributed by atoms with Crippen LogP contribution in [0.25, 0.3) is 0 Å². The van der Waals surface area contributed by atoms with Gasteiger partial charge in [-0.2, -0.15) is 0 Å². The average molecular weight is 269 g/mol. The van der Waals surface area contributed by atoms with E-state index >= 15 is 0 Å². The Bertz CT molecular complexity index is 362. The van der Waals surface area contributed by atoms with Crippen molar-refractivity contribution in [3.05, 3.63) is 18.5 Å². The van der Waals surface area contributed by atoms with Gasteiger partial charge in [0.05, 0.1) is 7.11 Å². The van der Waals surface area contributed by atoms with Gasteiger partial charge < -0.3 is 0 Å². The van der Waals surface area contributed by atoms with Gasteiger partial charge in [0.25, 0.3) is 0 Å². The Balaban J connectivity index is 2.41. The molecule has 1 aromatic heterocycles. The van der Waals surface area contributed by atoms with Gasteiger partial charge in [-0.05, 0) is 18.9 Å². The van der Waals surface area contributed by atoms with Crippen LogP contribution in [0.1, 0.15) is 26.2 Å². The lowest BCUT2D eigenvalue weighted by Gasteiger charge is -2.16. The number of thioether (sulfide) groups is 1. The summed E-state index contributed by atoms with van der Waals surface area (Å²) in [4.78, 5) is 24.8. The number of nitrogens with zero attached hydrogens (tertiary/aromatic N) is 3. The fourth-order valence-corrected chi connectivity index (χ4v) is 2.33. The van der Waals surface area contributed by atoms with Gasteiger partial charge in [-0.15, -0.1) is 0 Å². The Morgan fingerprint density at radius 1 is 1.50 bits per heavy atom. The summed E-state index contributed by atoms with van der Waals surface area (Å²) in [6.45, 7) is 2.10. The van der Waals surface area contributed by atoms with E-state index in [-0.39, 0.29) is 5.91 Å². The zero-order valence-electron chi connectivity index (χ0n) is 11.0. The summed E-state index contributed by atoms with van der Waals surface area (Å²) in [5.74, 6) is -0.00877. The lowest BCUT2D eigenvalue weighted by molar-refractivity contribution is -0.168. The Morgan fingerprint density at radius 3 is 2.72 bits per heavy atom. The maximum absolute atomic E-state index is 11.6. The third-order valence-electron chi connectivity index (χ3n) is 2.57. The highest BCUT2D eigenvalue weighted by Gasteiger charge is 2.14. The van der Waals surface area contributed by atoms with Crippen LogP contribution in [0.5, 0.6) is 0 Å². The third kappa shape index (κ3) is 5.01. The zero-order valence-corrected chi connectivity index (χ0v) is 11.8. The summed E-state index contributed by atoms with van der Waals surface area (Å²) in [5, 5.41) is 2.37. The van der Waals surface area contributed by atoms with Crippen molar-refractivity contribution in [1.82, 2.24) is 15.0 Å². The van der Waals surface area contributed by atoms with Crippen molar-refractivity contribution in [1.29, 1.82) is 0 Å². The quantitative estimate of drug-likeness (QED) is 0.431. The fraction of sp³-hybridized carbons (Fsp3) is 0.583. The molecule has 5 nitrogen and oxygen atoms in total. The van der Waals surface area contributed by atoms with Gasteiger partial charge >= 0.3 is 0 Å². The highest BCUT2D eigenvalue weighted by Crippen LogP contribution is 2.25. The summed E-state index contributed by atoms with van der Waals surface area (Å²) >= 11 is 1.62. The van der Waals surface area contributed by atoms with E-state index in [1.165, 1.54) is 12.2 Å². The molecule has 1 heterocycles. The van der Waals surface area contributed by atoms with E-state index in [0.717, 1.165) is 18.0 Å². The molecule has 1 amide bonds. The van der Waals surface area contributed by atoms with Crippen LogP contribution in [-0.2, 0) is 9.63 Å². The smallest absolute Gasteiger partial charge is 0.245 e. The summed E-state index contributed by atoms with van der Waals surface area (Å²) < 4.78 is 0. The normalized spacial score (nSPS) is 12.2. The second-order valence-corrected chi connectivity index (χ2v) is 5.06. The first-order chi connectivity index (χ1) is 8.67. The van der Waals surface area contributed by atoms with Gasteiger partial charge in [-0.25, -0.2) is 15.0 Å². The molecule has 0 saturated carbocycles.